The van der Waals surface area contributed by atoms with Gasteiger partial charge in [-0.25, -0.2) is 0 Å². The zero-order chi connectivity index (χ0) is 15.4. The maximum atomic E-state index is 12.1. The molecule has 2 aromatic rings. The lowest BCUT2D eigenvalue weighted by Gasteiger charge is -2.20. The number of rotatable bonds is 5. The molecule has 0 saturated heterocycles. The van der Waals surface area contributed by atoms with Gasteiger partial charge in [-0.15, -0.1) is 22.7 Å². The SMILES string of the molecule is O=C(NCc1ccc(C(O)c2cccs2)s1)C1CCCCC1. The summed E-state index contributed by atoms with van der Waals surface area (Å²) < 4.78 is 0. The third kappa shape index (κ3) is 3.77. The Morgan fingerprint density at radius 2 is 2.05 bits per heavy atom. The van der Waals surface area contributed by atoms with Crippen LogP contribution in [0.15, 0.2) is 29.6 Å². The summed E-state index contributed by atoms with van der Waals surface area (Å²) in [6.45, 7) is 0.567. The zero-order valence-electron chi connectivity index (χ0n) is 12.5. The molecule has 118 valence electrons. The molecule has 1 aliphatic rings. The summed E-state index contributed by atoms with van der Waals surface area (Å²) in [6, 6.07) is 7.84. The van der Waals surface area contributed by atoms with Crippen molar-refractivity contribution in [1.82, 2.24) is 5.32 Å². The lowest BCUT2D eigenvalue weighted by atomic mass is 9.89. The summed E-state index contributed by atoms with van der Waals surface area (Å²) in [4.78, 5) is 15.1. The second-order valence-corrected chi connectivity index (χ2v) is 7.95. The van der Waals surface area contributed by atoms with Crippen LogP contribution >= 0.6 is 22.7 Å². The van der Waals surface area contributed by atoms with Crippen LogP contribution in [-0.4, -0.2) is 11.0 Å². The first-order valence-electron chi connectivity index (χ1n) is 7.82. The van der Waals surface area contributed by atoms with Crippen molar-refractivity contribution in [1.29, 1.82) is 0 Å². The molecule has 1 fully saturated rings. The number of thiophene rings is 2. The van der Waals surface area contributed by atoms with Gasteiger partial charge in [0.2, 0.25) is 5.91 Å². The Morgan fingerprint density at radius 3 is 2.77 bits per heavy atom. The largest absolute Gasteiger partial charge is 0.382 e. The van der Waals surface area contributed by atoms with Crippen molar-refractivity contribution >= 4 is 28.6 Å². The molecule has 1 saturated carbocycles. The number of nitrogens with one attached hydrogen (secondary N) is 1. The van der Waals surface area contributed by atoms with Crippen molar-refractivity contribution in [2.45, 2.75) is 44.8 Å². The highest BCUT2D eigenvalue weighted by Gasteiger charge is 2.21. The fourth-order valence-corrected chi connectivity index (χ4v) is 4.67. The van der Waals surface area contributed by atoms with Gasteiger partial charge in [-0.1, -0.05) is 25.3 Å². The van der Waals surface area contributed by atoms with Gasteiger partial charge in [-0.05, 0) is 36.4 Å². The molecule has 2 N–H and O–H groups in total. The van der Waals surface area contributed by atoms with Gasteiger partial charge < -0.3 is 10.4 Å². The Bertz CT molecular complexity index is 600. The van der Waals surface area contributed by atoms with Crippen LogP contribution in [-0.2, 0) is 11.3 Å². The summed E-state index contributed by atoms with van der Waals surface area (Å²) in [5, 5.41) is 15.3. The molecule has 0 aromatic carbocycles. The molecule has 1 atom stereocenters. The summed E-state index contributed by atoms with van der Waals surface area (Å²) in [5.74, 6) is 0.387. The predicted molar refractivity (Wildman–Crippen MR) is 91.1 cm³/mol. The smallest absolute Gasteiger partial charge is 0.223 e. The third-order valence-corrected chi connectivity index (χ3v) is 6.24. The standard InChI is InChI=1S/C17H21NO2S2/c19-16(14-7-4-10-21-14)15-9-8-13(22-15)11-18-17(20)12-5-2-1-3-6-12/h4,7-10,12,16,19H,1-3,5-6,11H2,(H,18,20). The van der Waals surface area contributed by atoms with E-state index in [1.165, 1.54) is 19.3 Å². The Morgan fingerprint density at radius 1 is 1.23 bits per heavy atom. The van der Waals surface area contributed by atoms with Crippen LogP contribution in [0.3, 0.4) is 0 Å². The molecule has 1 unspecified atom stereocenters. The van der Waals surface area contributed by atoms with Crippen LogP contribution in [0.2, 0.25) is 0 Å². The van der Waals surface area contributed by atoms with E-state index in [0.29, 0.717) is 6.54 Å². The maximum absolute atomic E-state index is 12.1. The van der Waals surface area contributed by atoms with Crippen molar-refractivity contribution in [2.24, 2.45) is 5.92 Å². The van der Waals surface area contributed by atoms with Crippen LogP contribution in [0, 0.1) is 5.92 Å². The van der Waals surface area contributed by atoms with Crippen LogP contribution in [0.1, 0.15) is 52.8 Å². The molecule has 0 bridgehead atoms. The van der Waals surface area contributed by atoms with Gasteiger partial charge in [0.25, 0.3) is 0 Å². The molecular formula is C17H21NO2S2. The van der Waals surface area contributed by atoms with E-state index in [2.05, 4.69) is 5.32 Å². The Balaban J connectivity index is 1.54. The van der Waals surface area contributed by atoms with Crippen molar-refractivity contribution < 1.29 is 9.90 Å². The first kappa shape index (κ1) is 15.7. The summed E-state index contributed by atoms with van der Waals surface area (Å²) in [6.07, 6.45) is 5.12. The third-order valence-electron chi connectivity index (χ3n) is 4.18. The average molecular weight is 335 g/mol. The molecule has 0 aliphatic heterocycles. The zero-order valence-corrected chi connectivity index (χ0v) is 14.1. The minimum atomic E-state index is -0.548. The van der Waals surface area contributed by atoms with Gasteiger partial charge in [-0.3, -0.25) is 4.79 Å². The Hall–Kier alpha value is -1.17. The first-order valence-corrected chi connectivity index (χ1v) is 9.51. The molecule has 3 rings (SSSR count). The van der Waals surface area contributed by atoms with Gasteiger partial charge in [0, 0.05) is 20.5 Å². The van der Waals surface area contributed by atoms with Crippen LogP contribution in [0.25, 0.3) is 0 Å². The normalized spacial score (nSPS) is 17.3. The fourth-order valence-electron chi connectivity index (χ4n) is 2.91. The summed E-state index contributed by atoms with van der Waals surface area (Å²) in [7, 11) is 0. The molecule has 1 amide bonds. The van der Waals surface area contributed by atoms with E-state index in [4.69, 9.17) is 0 Å². The average Bonchev–Trinajstić information content (AvgIpc) is 3.24. The Kier molecular flexibility index (Phi) is 5.28. The van der Waals surface area contributed by atoms with Crippen molar-refractivity contribution in [2.75, 3.05) is 0 Å². The van der Waals surface area contributed by atoms with E-state index < -0.39 is 6.10 Å². The Labute approximate surface area is 139 Å². The minimum Gasteiger partial charge on any atom is -0.382 e. The van der Waals surface area contributed by atoms with E-state index in [0.717, 1.165) is 27.5 Å². The van der Waals surface area contributed by atoms with Gasteiger partial charge in [0.1, 0.15) is 6.10 Å². The molecule has 2 heterocycles. The van der Waals surface area contributed by atoms with E-state index >= 15 is 0 Å². The predicted octanol–water partition coefficient (Wildman–Crippen LogP) is 4.09. The van der Waals surface area contributed by atoms with E-state index in [1.54, 1.807) is 22.7 Å². The molecular weight excluding hydrogens is 314 g/mol. The second kappa shape index (κ2) is 7.40. The van der Waals surface area contributed by atoms with E-state index in [-0.39, 0.29) is 11.8 Å². The molecule has 2 aromatic heterocycles. The van der Waals surface area contributed by atoms with Gasteiger partial charge >= 0.3 is 0 Å². The van der Waals surface area contributed by atoms with Crippen LogP contribution in [0.5, 0.6) is 0 Å². The van der Waals surface area contributed by atoms with E-state index in [9.17, 15) is 9.90 Å². The molecule has 22 heavy (non-hydrogen) atoms. The molecule has 0 radical (unpaired) electrons. The van der Waals surface area contributed by atoms with Crippen molar-refractivity contribution in [3.8, 4) is 0 Å². The highest BCUT2D eigenvalue weighted by molar-refractivity contribution is 7.12. The highest BCUT2D eigenvalue weighted by Crippen LogP contribution is 2.31. The number of aliphatic hydroxyl groups excluding tert-OH is 1. The molecule has 5 heteroatoms. The first-order chi connectivity index (χ1) is 10.7. The minimum absolute atomic E-state index is 0.188. The summed E-state index contributed by atoms with van der Waals surface area (Å²) >= 11 is 3.13. The topological polar surface area (TPSA) is 49.3 Å². The number of carbonyl (C=O) groups is 1. The number of hydrogen-bond donors (Lipinski definition) is 2. The molecule has 3 nitrogen and oxygen atoms in total. The number of carbonyl (C=O) groups excluding carboxylic acids is 1. The monoisotopic (exact) mass is 335 g/mol. The van der Waals surface area contributed by atoms with Gasteiger partial charge in [0.05, 0.1) is 6.54 Å². The number of aliphatic hydroxyl groups is 1. The van der Waals surface area contributed by atoms with Gasteiger partial charge in [0.15, 0.2) is 0 Å². The number of amides is 1. The van der Waals surface area contributed by atoms with Crippen molar-refractivity contribution in [3.63, 3.8) is 0 Å². The quantitative estimate of drug-likeness (QED) is 0.865. The second-order valence-electron chi connectivity index (χ2n) is 5.77. The van der Waals surface area contributed by atoms with Gasteiger partial charge in [-0.2, -0.15) is 0 Å². The van der Waals surface area contributed by atoms with Crippen LogP contribution in [0.4, 0.5) is 0 Å². The highest BCUT2D eigenvalue weighted by atomic mass is 32.1. The van der Waals surface area contributed by atoms with Crippen LogP contribution < -0.4 is 5.32 Å². The van der Waals surface area contributed by atoms with Crippen molar-refractivity contribution in [3.05, 3.63) is 44.3 Å². The lowest BCUT2D eigenvalue weighted by Crippen LogP contribution is -2.31. The molecule has 1 aliphatic carbocycles. The maximum Gasteiger partial charge on any atom is 0.223 e. The number of hydrogen-bond acceptors (Lipinski definition) is 4. The summed E-state index contributed by atoms with van der Waals surface area (Å²) in [5.41, 5.74) is 0. The van der Waals surface area contributed by atoms with E-state index in [1.807, 2.05) is 29.6 Å². The molecule has 0 spiro atoms. The lowest BCUT2D eigenvalue weighted by molar-refractivity contribution is -0.126. The fraction of sp³-hybridized carbons (Fsp3) is 0.471.